The summed E-state index contributed by atoms with van der Waals surface area (Å²) < 4.78 is 13.3. The van der Waals surface area contributed by atoms with Crippen molar-refractivity contribution in [2.75, 3.05) is 0 Å². The molecule has 1 amide bonds. The average Bonchev–Trinajstić information content (AvgIpc) is 3.67. The number of amides is 1. The number of ketones is 1. The molecule has 200 valence electrons. The number of Topliss-reactive ketones (excluding diaryl/α,β-unsaturated/α-hetero) is 1. The van der Waals surface area contributed by atoms with E-state index in [9.17, 15) is 14.7 Å². The van der Waals surface area contributed by atoms with Gasteiger partial charge in [-0.15, -0.1) is 0 Å². The molecule has 0 saturated carbocycles. The minimum absolute atomic E-state index is 0.0151. The van der Waals surface area contributed by atoms with Crippen LogP contribution in [0.1, 0.15) is 39.9 Å². The van der Waals surface area contributed by atoms with Crippen LogP contribution < -0.4 is 4.74 Å². The third-order valence-corrected chi connectivity index (χ3v) is 7.20. The number of hydrogen-bond acceptors (Lipinski definition) is 6. The number of aryl methyl sites for hydroxylation is 2. The van der Waals surface area contributed by atoms with Crippen molar-refractivity contribution in [2.24, 2.45) is 0 Å². The van der Waals surface area contributed by atoms with Crippen molar-refractivity contribution >= 4 is 23.1 Å². The highest BCUT2D eigenvalue weighted by atomic mass is 16.5. The molecule has 8 heteroatoms. The Bertz CT molecular complexity index is 1730. The van der Waals surface area contributed by atoms with Gasteiger partial charge in [0.2, 0.25) is 0 Å². The number of carbonyl (C=O) groups is 2. The molecule has 1 N–H and O–H groups in total. The summed E-state index contributed by atoms with van der Waals surface area (Å²) in [6, 6.07) is 23.5. The first kappa shape index (κ1) is 25.2. The number of benzene rings is 2. The summed E-state index contributed by atoms with van der Waals surface area (Å²) in [5.74, 6) is -0.636. The number of furan rings is 1. The monoisotopic (exact) mass is 533 g/mol. The summed E-state index contributed by atoms with van der Waals surface area (Å²) in [7, 11) is 0. The molecular weight excluding hydrogens is 506 g/mol. The van der Waals surface area contributed by atoms with Gasteiger partial charge in [0.15, 0.2) is 5.76 Å². The van der Waals surface area contributed by atoms with Gasteiger partial charge in [-0.1, -0.05) is 48.5 Å². The Balaban J connectivity index is 1.41. The summed E-state index contributed by atoms with van der Waals surface area (Å²) in [5.41, 5.74) is 4.19. The van der Waals surface area contributed by atoms with E-state index in [2.05, 4.69) is 4.98 Å². The summed E-state index contributed by atoms with van der Waals surface area (Å²) in [6.45, 7) is 4.22. The smallest absolute Gasteiger partial charge is 0.296 e. The Morgan fingerprint density at radius 3 is 2.45 bits per heavy atom. The van der Waals surface area contributed by atoms with E-state index in [4.69, 9.17) is 9.15 Å². The first-order valence-electron chi connectivity index (χ1n) is 12.9. The SMILES string of the molecule is Cc1cccn2c(C)c(/C(O)=C3\C(=O)C(=O)N(Cc4ccco4)C3c3ccc(OCc4ccccc4)cc3)nc12. The van der Waals surface area contributed by atoms with Crippen LogP contribution in [-0.4, -0.2) is 31.1 Å². The van der Waals surface area contributed by atoms with E-state index in [1.807, 2.05) is 66.9 Å². The fourth-order valence-corrected chi connectivity index (χ4v) is 5.12. The summed E-state index contributed by atoms with van der Waals surface area (Å²) >= 11 is 0. The second-order valence-electron chi connectivity index (χ2n) is 9.78. The number of rotatable bonds is 7. The molecule has 6 rings (SSSR count). The van der Waals surface area contributed by atoms with Crippen LogP contribution in [0.4, 0.5) is 0 Å². The maximum absolute atomic E-state index is 13.5. The number of aliphatic hydroxyl groups is 1. The Labute approximate surface area is 230 Å². The summed E-state index contributed by atoms with van der Waals surface area (Å²) in [6.07, 6.45) is 3.37. The number of carbonyl (C=O) groups excluding carboxylic acids is 2. The fourth-order valence-electron chi connectivity index (χ4n) is 5.12. The number of likely N-dealkylation sites (tertiary alicyclic amines) is 1. The molecule has 3 aromatic heterocycles. The minimum Gasteiger partial charge on any atom is -0.505 e. The molecule has 1 fully saturated rings. The molecule has 40 heavy (non-hydrogen) atoms. The van der Waals surface area contributed by atoms with E-state index in [1.54, 1.807) is 36.4 Å². The zero-order valence-corrected chi connectivity index (χ0v) is 22.1. The van der Waals surface area contributed by atoms with Gasteiger partial charge in [0.25, 0.3) is 11.7 Å². The van der Waals surface area contributed by atoms with Gasteiger partial charge in [0.05, 0.1) is 30.1 Å². The molecule has 0 radical (unpaired) electrons. The molecule has 1 saturated heterocycles. The molecule has 0 aliphatic carbocycles. The lowest BCUT2D eigenvalue weighted by molar-refractivity contribution is -0.140. The quantitative estimate of drug-likeness (QED) is 0.163. The highest BCUT2D eigenvalue weighted by molar-refractivity contribution is 6.46. The lowest BCUT2D eigenvalue weighted by Gasteiger charge is -2.24. The zero-order valence-electron chi connectivity index (χ0n) is 22.1. The zero-order chi connectivity index (χ0) is 27.8. The maximum Gasteiger partial charge on any atom is 0.296 e. The van der Waals surface area contributed by atoms with E-state index in [-0.39, 0.29) is 23.6 Å². The molecule has 8 nitrogen and oxygen atoms in total. The highest BCUT2D eigenvalue weighted by Gasteiger charge is 2.47. The van der Waals surface area contributed by atoms with Gasteiger partial charge in [-0.05, 0) is 60.9 Å². The number of ether oxygens (including phenoxy) is 1. The van der Waals surface area contributed by atoms with E-state index in [0.29, 0.717) is 35.0 Å². The van der Waals surface area contributed by atoms with E-state index in [1.165, 1.54) is 11.2 Å². The molecule has 2 aromatic carbocycles. The van der Waals surface area contributed by atoms with Crippen LogP contribution in [0.25, 0.3) is 11.4 Å². The first-order chi connectivity index (χ1) is 19.4. The summed E-state index contributed by atoms with van der Waals surface area (Å²) in [5, 5.41) is 11.6. The van der Waals surface area contributed by atoms with Crippen molar-refractivity contribution < 1.29 is 23.8 Å². The molecule has 1 aliphatic rings. The van der Waals surface area contributed by atoms with Crippen molar-refractivity contribution in [1.82, 2.24) is 14.3 Å². The molecule has 0 spiro atoms. The van der Waals surface area contributed by atoms with Gasteiger partial charge >= 0.3 is 0 Å². The molecule has 5 aromatic rings. The number of nitrogens with zero attached hydrogens (tertiary/aromatic N) is 3. The number of fused-ring (bicyclic) bond motifs is 1. The Morgan fingerprint density at radius 2 is 1.75 bits per heavy atom. The van der Waals surface area contributed by atoms with Gasteiger partial charge in [-0.3, -0.25) is 9.59 Å². The van der Waals surface area contributed by atoms with Crippen LogP contribution in [0.3, 0.4) is 0 Å². The van der Waals surface area contributed by atoms with Crippen molar-refractivity contribution in [1.29, 1.82) is 0 Å². The van der Waals surface area contributed by atoms with Crippen molar-refractivity contribution in [3.63, 3.8) is 0 Å². The Kier molecular flexibility index (Phi) is 6.43. The second kappa shape index (κ2) is 10.2. The minimum atomic E-state index is -0.849. The van der Waals surface area contributed by atoms with Crippen molar-refractivity contribution in [3.8, 4) is 5.75 Å². The van der Waals surface area contributed by atoms with Crippen molar-refractivity contribution in [2.45, 2.75) is 33.0 Å². The lowest BCUT2D eigenvalue weighted by atomic mass is 9.96. The largest absolute Gasteiger partial charge is 0.505 e. The number of imidazole rings is 1. The van der Waals surface area contributed by atoms with Gasteiger partial charge < -0.3 is 23.6 Å². The second-order valence-corrected chi connectivity index (χ2v) is 9.78. The topological polar surface area (TPSA) is 97.3 Å². The van der Waals surface area contributed by atoms with Crippen molar-refractivity contribution in [3.05, 3.63) is 131 Å². The fraction of sp³-hybridized carbons (Fsp3) is 0.156. The van der Waals surface area contributed by atoms with Crippen LogP contribution in [-0.2, 0) is 22.7 Å². The Morgan fingerprint density at radius 1 is 0.975 bits per heavy atom. The molecular formula is C32H27N3O5. The van der Waals surface area contributed by atoms with Crippen LogP contribution in [0, 0.1) is 13.8 Å². The average molecular weight is 534 g/mol. The number of hydrogen-bond donors (Lipinski definition) is 1. The molecule has 0 bridgehead atoms. The number of pyridine rings is 1. The molecule has 1 aliphatic heterocycles. The Hall–Kier alpha value is -5.11. The molecule has 1 atom stereocenters. The summed E-state index contributed by atoms with van der Waals surface area (Å²) in [4.78, 5) is 32.9. The predicted octanol–water partition coefficient (Wildman–Crippen LogP) is 5.75. The third-order valence-electron chi connectivity index (χ3n) is 7.20. The molecule has 4 heterocycles. The van der Waals surface area contributed by atoms with Gasteiger partial charge in [0, 0.05) is 6.20 Å². The van der Waals surface area contributed by atoms with Crippen LogP contribution in [0.5, 0.6) is 5.75 Å². The van der Waals surface area contributed by atoms with E-state index < -0.39 is 17.7 Å². The van der Waals surface area contributed by atoms with E-state index in [0.717, 1.165) is 11.1 Å². The molecule has 1 unspecified atom stereocenters. The number of aromatic nitrogens is 2. The first-order valence-corrected chi connectivity index (χ1v) is 12.9. The third kappa shape index (κ3) is 4.43. The van der Waals surface area contributed by atoms with Crippen LogP contribution in [0.2, 0.25) is 0 Å². The highest BCUT2D eigenvalue weighted by Crippen LogP contribution is 2.41. The van der Waals surface area contributed by atoms with Gasteiger partial charge in [-0.2, -0.15) is 0 Å². The van der Waals surface area contributed by atoms with E-state index >= 15 is 0 Å². The van der Waals surface area contributed by atoms with Crippen LogP contribution >= 0.6 is 0 Å². The van der Waals surface area contributed by atoms with Crippen LogP contribution in [0.15, 0.2) is 101 Å². The normalized spacial score (nSPS) is 16.6. The number of aliphatic hydroxyl groups excluding tert-OH is 1. The lowest BCUT2D eigenvalue weighted by Crippen LogP contribution is -2.29. The van der Waals surface area contributed by atoms with Gasteiger partial charge in [0.1, 0.15) is 29.5 Å². The van der Waals surface area contributed by atoms with Gasteiger partial charge in [-0.25, -0.2) is 4.98 Å². The standard InChI is InChI=1S/C32H27N3O5/c1-20-8-6-16-34-21(2)27(33-31(20)34)29(36)26-28(35(32(38)30(26)37)18-25-11-7-17-39-25)23-12-14-24(15-13-23)40-19-22-9-4-3-5-10-22/h3-17,28,36H,18-19H2,1-2H3/b29-26+. The maximum atomic E-state index is 13.5. The predicted molar refractivity (Wildman–Crippen MR) is 148 cm³/mol.